The summed E-state index contributed by atoms with van der Waals surface area (Å²) in [5.41, 5.74) is 1.13. The van der Waals surface area contributed by atoms with Crippen molar-refractivity contribution in [3.8, 4) is 5.75 Å². The fourth-order valence-electron chi connectivity index (χ4n) is 2.41. The lowest BCUT2D eigenvalue weighted by Gasteiger charge is -2.27. The monoisotopic (exact) mass is 397 g/mol. The van der Waals surface area contributed by atoms with E-state index in [-0.39, 0.29) is 12.2 Å². The zero-order valence-electron chi connectivity index (χ0n) is 18.2. The van der Waals surface area contributed by atoms with Gasteiger partial charge < -0.3 is 24.0 Å². The van der Waals surface area contributed by atoms with Gasteiger partial charge in [0, 0.05) is 12.6 Å². The maximum Gasteiger partial charge on any atom is 0.184 e. The molecule has 0 fully saturated rings. The highest BCUT2D eigenvalue weighted by atomic mass is 28.4. The van der Waals surface area contributed by atoms with Crippen LogP contribution < -0.4 is 10.1 Å². The Labute approximate surface area is 166 Å². The van der Waals surface area contributed by atoms with Gasteiger partial charge in [-0.25, -0.2) is 0 Å². The number of rotatable bonds is 14. The van der Waals surface area contributed by atoms with Gasteiger partial charge in [-0.3, -0.25) is 0 Å². The molecule has 0 aliphatic rings. The highest BCUT2D eigenvalue weighted by Gasteiger charge is 2.21. The molecule has 0 saturated heterocycles. The normalized spacial score (nSPS) is 13.4. The van der Waals surface area contributed by atoms with Gasteiger partial charge in [0.05, 0.1) is 32.0 Å². The van der Waals surface area contributed by atoms with E-state index in [1.54, 1.807) is 0 Å². The molecule has 0 radical (unpaired) electrons. The third kappa shape index (κ3) is 13.0. The predicted octanol–water partition coefficient (Wildman–Crippen LogP) is 4.23. The number of nitrogens with one attached hydrogen (secondary N) is 1. The zero-order valence-corrected chi connectivity index (χ0v) is 19.2. The molecule has 0 heterocycles. The average molecular weight is 398 g/mol. The van der Waals surface area contributed by atoms with Crippen molar-refractivity contribution in [2.24, 2.45) is 0 Å². The molecule has 0 aliphatic heterocycles. The van der Waals surface area contributed by atoms with E-state index in [2.05, 4.69) is 38.8 Å². The minimum Gasteiger partial charge on any atom is -0.491 e. The zero-order chi connectivity index (χ0) is 20.3. The van der Waals surface area contributed by atoms with Crippen LogP contribution in [0.5, 0.6) is 5.75 Å². The fourth-order valence-corrected chi connectivity index (χ4v) is 3.56. The first-order chi connectivity index (χ1) is 12.7. The minimum absolute atomic E-state index is 0.0584. The third-order valence-corrected chi connectivity index (χ3v) is 4.62. The number of benzene rings is 1. The van der Waals surface area contributed by atoms with Crippen molar-refractivity contribution in [3.63, 3.8) is 0 Å². The number of ether oxygens (including phenoxy) is 3. The summed E-state index contributed by atoms with van der Waals surface area (Å²) in [7, 11) is -1.62. The van der Waals surface area contributed by atoms with E-state index in [0.717, 1.165) is 17.9 Å². The second-order valence-electron chi connectivity index (χ2n) is 8.34. The summed E-state index contributed by atoms with van der Waals surface area (Å²) in [6, 6.07) is 8.50. The molecule has 6 heteroatoms. The van der Waals surface area contributed by atoms with Crippen LogP contribution in [0.2, 0.25) is 19.6 Å². The van der Waals surface area contributed by atoms with Crippen molar-refractivity contribution in [2.75, 3.05) is 26.4 Å². The molecule has 1 rings (SSSR count). The van der Waals surface area contributed by atoms with Crippen LogP contribution in [0, 0.1) is 0 Å². The second kappa shape index (κ2) is 12.5. The molecular weight excluding hydrogens is 358 g/mol. The van der Waals surface area contributed by atoms with Gasteiger partial charge in [0.1, 0.15) is 12.4 Å². The van der Waals surface area contributed by atoms with E-state index in [0.29, 0.717) is 32.5 Å². The minimum atomic E-state index is -1.62. The van der Waals surface area contributed by atoms with Crippen LogP contribution in [-0.2, 0) is 20.5 Å². The fraction of sp³-hybridized carbons (Fsp3) is 0.714. The van der Waals surface area contributed by atoms with E-state index in [1.165, 1.54) is 0 Å². The summed E-state index contributed by atoms with van der Waals surface area (Å²) < 4.78 is 23.3. The maximum absolute atomic E-state index is 6.25. The van der Waals surface area contributed by atoms with Gasteiger partial charge in [-0.2, -0.15) is 0 Å². The summed E-state index contributed by atoms with van der Waals surface area (Å²) in [6.45, 7) is 18.1. The molecule has 0 aromatic heterocycles. The molecule has 156 valence electrons. The standard InChI is InChI=1S/C21H39NO4Si/c1-17(2)22-14-21(26-27(5,6)7)16-25-20-10-8-19(9-11-20)15-23-12-13-24-18(3)4/h8-11,17-18,21-22H,12-16H2,1-7H3. The van der Waals surface area contributed by atoms with Crippen LogP contribution in [0.15, 0.2) is 24.3 Å². The molecule has 0 spiro atoms. The molecule has 1 aromatic carbocycles. The maximum atomic E-state index is 6.25. The van der Waals surface area contributed by atoms with Crippen molar-refractivity contribution < 1.29 is 18.6 Å². The van der Waals surface area contributed by atoms with Gasteiger partial charge in [0.15, 0.2) is 8.32 Å². The molecule has 0 amide bonds. The van der Waals surface area contributed by atoms with Crippen molar-refractivity contribution in [2.45, 2.75) is 72.2 Å². The molecule has 27 heavy (non-hydrogen) atoms. The Hall–Kier alpha value is -0.923. The lowest BCUT2D eigenvalue weighted by molar-refractivity contribution is 0.0143. The Balaban J connectivity index is 2.40. The SMILES string of the molecule is CC(C)NCC(COc1ccc(COCCOC(C)C)cc1)O[Si](C)(C)C. The van der Waals surface area contributed by atoms with Crippen LogP contribution in [0.1, 0.15) is 33.3 Å². The van der Waals surface area contributed by atoms with Gasteiger partial charge in [-0.05, 0) is 51.2 Å². The molecule has 1 aromatic rings. The Morgan fingerprint density at radius 3 is 2.19 bits per heavy atom. The summed E-state index contributed by atoms with van der Waals surface area (Å²) in [6.07, 6.45) is 0.303. The molecule has 0 aliphatic carbocycles. The Morgan fingerprint density at radius 1 is 0.963 bits per heavy atom. The van der Waals surface area contributed by atoms with E-state index < -0.39 is 8.32 Å². The molecule has 1 unspecified atom stereocenters. The molecule has 1 N–H and O–H groups in total. The van der Waals surface area contributed by atoms with Crippen molar-refractivity contribution in [3.05, 3.63) is 29.8 Å². The van der Waals surface area contributed by atoms with Crippen molar-refractivity contribution in [1.29, 1.82) is 0 Å². The van der Waals surface area contributed by atoms with Crippen LogP contribution in [0.3, 0.4) is 0 Å². The first-order valence-corrected chi connectivity index (χ1v) is 13.4. The van der Waals surface area contributed by atoms with E-state index in [9.17, 15) is 0 Å². The van der Waals surface area contributed by atoms with Crippen LogP contribution in [-0.4, -0.2) is 52.9 Å². The van der Waals surface area contributed by atoms with Gasteiger partial charge in [-0.1, -0.05) is 26.0 Å². The number of hydrogen-bond acceptors (Lipinski definition) is 5. The quantitative estimate of drug-likeness (QED) is 0.376. The molecule has 0 bridgehead atoms. The average Bonchev–Trinajstić information content (AvgIpc) is 2.56. The van der Waals surface area contributed by atoms with Crippen molar-refractivity contribution >= 4 is 8.32 Å². The summed E-state index contributed by atoms with van der Waals surface area (Å²) in [4.78, 5) is 0. The molecule has 5 nitrogen and oxygen atoms in total. The lowest BCUT2D eigenvalue weighted by Crippen LogP contribution is -2.43. The topological polar surface area (TPSA) is 49.0 Å². The molecule has 1 atom stereocenters. The first-order valence-electron chi connectivity index (χ1n) is 9.98. The second-order valence-corrected chi connectivity index (χ2v) is 12.8. The van der Waals surface area contributed by atoms with Crippen LogP contribution >= 0.6 is 0 Å². The van der Waals surface area contributed by atoms with Gasteiger partial charge >= 0.3 is 0 Å². The summed E-state index contributed by atoms with van der Waals surface area (Å²) >= 11 is 0. The Bertz CT molecular complexity index is 500. The summed E-state index contributed by atoms with van der Waals surface area (Å²) in [5.74, 6) is 0.857. The predicted molar refractivity (Wildman–Crippen MR) is 114 cm³/mol. The number of hydrogen-bond donors (Lipinski definition) is 1. The smallest absolute Gasteiger partial charge is 0.184 e. The van der Waals surface area contributed by atoms with E-state index >= 15 is 0 Å². The third-order valence-electron chi connectivity index (χ3n) is 3.58. The summed E-state index contributed by atoms with van der Waals surface area (Å²) in [5, 5.41) is 3.44. The van der Waals surface area contributed by atoms with E-state index in [1.807, 2.05) is 38.1 Å². The molecule has 0 saturated carbocycles. The largest absolute Gasteiger partial charge is 0.491 e. The van der Waals surface area contributed by atoms with Crippen LogP contribution in [0.4, 0.5) is 0 Å². The van der Waals surface area contributed by atoms with Gasteiger partial charge in [-0.15, -0.1) is 0 Å². The van der Waals surface area contributed by atoms with Crippen LogP contribution in [0.25, 0.3) is 0 Å². The Morgan fingerprint density at radius 2 is 1.63 bits per heavy atom. The molecular formula is C21H39NO4Si. The highest BCUT2D eigenvalue weighted by Crippen LogP contribution is 2.15. The van der Waals surface area contributed by atoms with Crippen molar-refractivity contribution in [1.82, 2.24) is 5.32 Å². The Kier molecular flexibility index (Phi) is 11.2. The lowest BCUT2D eigenvalue weighted by atomic mass is 10.2. The first kappa shape index (κ1) is 24.1. The van der Waals surface area contributed by atoms with Gasteiger partial charge in [0.25, 0.3) is 0 Å². The van der Waals surface area contributed by atoms with Gasteiger partial charge in [0.2, 0.25) is 0 Å². The van der Waals surface area contributed by atoms with E-state index in [4.69, 9.17) is 18.6 Å². The highest BCUT2D eigenvalue weighted by molar-refractivity contribution is 6.69.